The molecule has 0 radical (unpaired) electrons. The summed E-state index contributed by atoms with van der Waals surface area (Å²) >= 11 is 6.65. The van der Waals surface area contributed by atoms with Crippen LogP contribution in [0, 0.1) is 18.3 Å². The summed E-state index contributed by atoms with van der Waals surface area (Å²) in [4.78, 5) is 32.8. The maximum Gasteiger partial charge on any atom is 0.270 e. The number of carbonyl (C=O) groups is 1. The Hall–Kier alpha value is -2.15. The Kier molecular flexibility index (Phi) is 7.57. The highest BCUT2D eigenvalue weighted by atomic mass is 32.2. The number of anilines is 1. The number of nitriles is 1. The molecule has 0 unspecified atom stereocenters. The molecule has 3 heterocycles. The first-order chi connectivity index (χ1) is 14.9. The number of hydrogen-bond donors (Lipinski definition) is 0. The van der Waals surface area contributed by atoms with Gasteiger partial charge in [0, 0.05) is 44.8 Å². The van der Waals surface area contributed by atoms with Gasteiger partial charge in [-0.05, 0) is 38.5 Å². The number of rotatable bonds is 6. The molecule has 7 nitrogen and oxygen atoms in total. The van der Waals surface area contributed by atoms with Crippen LogP contribution in [0.3, 0.4) is 0 Å². The average Bonchev–Trinajstić information content (AvgIpc) is 3.04. The lowest BCUT2D eigenvalue weighted by atomic mass is 10.0. The van der Waals surface area contributed by atoms with Gasteiger partial charge in [0.1, 0.15) is 21.8 Å². The minimum Gasteiger partial charge on any atom is -0.355 e. The third kappa shape index (κ3) is 4.43. The van der Waals surface area contributed by atoms with Crippen LogP contribution in [-0.4, -0.2) is 63.9 Å². The van der Waals surface area contributed by atoms with E-state index in [0.29, 0.717) is 27.9 Å². The molecule has 0 spiro atoms. The van der Waals surface area contributed by atoms with Crippen molar-refractivity contribution in [2.24, 2.45) is 0 Å². The smallest absolute Gasteiger partial charge is 0.270 e. The Morgan fingerprint density at radius 2 is 1.81 bits per heavy atom. The molecule has 0 aliphatic carbocycles. The molecule has 2 fully saturated rings. The van der Waals surface area contributed by atoms with Gasteiger partial charge < -0.3 is 9.80 Å². The molecule has 0 atom stereocenters. The van der Waals surface area contributed by atoms with E-state index in [1.165, 1.54) is 11.8 Å². The van der Waals surface area contributed by atoms with Crippen LogP contribution < -0.4 is 10.5 Å². The number of likely N-dealkylation sites (N-methyl/N-ethyl adjacent to an activating group) is 2. The van der Waals surface area contributed by atoms with Crippen molar-refractivity contribution in [1.29, 1.82) is 5.26 Å². The highest BCUT2D eigenvalue weighted by Gasteiger charge is 2.32. The zero-order chi connectivity index (χ0) is 22.7. The maximum atomic E-state index is 13.2. The van der Waals surface area contributed by atoms with E-state index >= 15 is 0 Å². The number of nitrogens with zero attached hydrogens (tertiary/aromatic N) is 5. The Morgan fingerprint density at radius 1 is 1.13 bits per heavy atom. The van der Waals surface area contributed by atoms with E-state index < -0.39 is 0 Å². The summed E-state index contributed by atoms with van der Waals surface area (Å²) in [7, 11) is 0. The summed E-state index contributed by atoms with van der Waals surface area (Å²) in [6.45, 7) is 13.3. The van der Waals surface area contributed by atoms with E-state index in [9.17, 15) is 14.9 Å². The predicted molar refractivity (Wildman–Crippen MR) is 130 cm³/mol. The zero-order valence-corrected chi connectivity index (χ0v) is 20.2. The minimum atomic E-state index is -0.256. The van der Waals surface area contributed by atoms with Crippen molar-refractivity contribution >= 4 is 46.1 Å². The van der Waals surface area contributed by atoms with Crippen LogP contribution in [0.1, 0.15) is 43.9 Å². The van der Waals surface area contributed by atoms with Gasteiger partial charge in [0.25, 0.3) is 11.5 Å². The second-order valence-corrected chi connectivity index (χ2v) is 9.33. The van der Waals surface area contributed by atoms with Gasteiger partial charge in [-0.3, -0.25) is 19.1 Å². The van der Waals surface area contributed by atoms with Gasteiger partial charge in [-0.15, -0.1) is 0 Å². The number of hydrogen-bond acceptors (Lipinski definition) is 7. The molecule has 0 saturated carbocycles. The highest BCUT2D eigenvalue weighted by Crippen LogP contribution is 2.36. The molecule has 3 rings (SSSR count). The van der Waals surface area contributed by atoms with E-state index in [0.717, 1.165) is 50.5 Å². The molecule has 0 aromatic carbocycles. The SMILES string of the molecule is CCCn1c(N2CCN(CC)CC2)c(/C=C2/SC(=S)N(CC)C2=O)c(C)c(C#N)c1=O. The molecule has 2 saturated heterocycles. The summed E-state index contributed by atoms with van der Waals surface area (Å²) in [5.41, 5.74) is 1.27. The molecule has 0 bridgehead atoms. The monoisotopic (exact) mass is 459 g/mol. The van der Waals surface area contributed by atoms with Gasteiger partial charge in [-0.2, -0.15) is 5.26 Å². The lowest BCUT2D eigenvalue weighted by Crippen LogP contribution is -2.48. The lowest BCUT2D eigenvalue weighted by molar-refractivity contribution is -0.121. The van der Waals surface area contributed by atoms with Crippen molar-refractivity contribution in [1.82, 2.24) is 14.4 Å². The molecule has 0 N–H and O–H groups in total. The summed E-state index contributed by atoms with van der Waals surface area (Å²) in [6, 6.07) is 2.10. The van der Waals surface area contributed by atoms with Crippen LogP contribution in [0.4, 0.5) is 5.82 Å². The molecule has 1 aromatic rings. The summed E-state index contributed by atoms with van der Waals surface area (Å²) in [6.07, 6.45) is 2.60. The van der Waals surface area contributed by atoms with E-state index in [1.807, 2.05) is 19.9 Å². The summed E-state index contributed by atoms with van der Waals surface area (Å²) in [5.74, 6) is 0.686. The fraction of sp³-hybridized carbons (Fsp3) is 0.545. The lowest BCUT2D eigenvalue weighted by Gasteiger charge is -2.37. The van der Waals surface area contributed by atoms with Crippen LogP contribution in [0.2, 0.25) is 0 Å². The molecule has 1 aromatic heterocycles. The third-order valence-corrected chi connectivity index (χ3v) is 7.26. The van der Waals surface area contributed by atoms with Crippen LogP contribution in [-0.2, 0) is 11.3 Å². The quantitative estimate of drug-likeness (QED) is 0.478. The molecular formula is C22H29N5O2S2. The number of piperazine rings is 1. The van der Waals surface area contributed by atoms with E-state index in [1.54, 1.807) is 16.4 Å². The van der Waals surface area contributed by atoms with E-state index in [2.05, 4.69) is 22.8 Å². The molecule has 1 amide bonds. The Morgan fingerprint density at radius 3 is 2.32 bits per heavy atom. The average molecular weight is 460 g/mol. The Balaban J connectivity index is 2.21. The number of amides is 1. The molecule has 9 heteroatoms. The largest absolute Gasteiger partial charge is 0.355 e. The molecule has 2 aliphatic rings. The topological polar surface area (TPSA) is 72.6 Å². The van der Waals surface area contributed by atoms with Gasteiger partial charge >= 0.3 is 0 Å². The van der Waals surface area contributed by atoms with Crippen molar-refractivity contribution in [2.75, 3.05) is 44.2 Å². The normalized spacial score (nSPS) is 18.9. The fourth-order valence-corrected chi connectivity index (χ4v) is 5.46. The number of thioether (sulfide) groups is 1. The summed E-state index contributed by atoms with van der Waals surface area (Å²) in [5, 5.41) is 9.71. The Bertz CT molecular complexity index is 1020. The van der Waals surface area contributed by atoms with Crippen molar-refractivity contribution in [3.05, 3.63) is 31.9 Å². The van der Waals surface area contributed by atoms with Crippen LogP contribution in [0.15, 0.2) is 9.70 Å². The molecule has 31 heavy (non-hydrogen) atoms. The van der Waals surface area contributed by atoms with Crippen molar-refractivity contribution in [2.45, 2.75) is 40.7 Å². The van der Waals surface area contributed by atoms with Gasteiger partial charge in [0.2, 0.25) is 0 Å². The number of pyridine rings is 1. The zero-order valence-electron chi connectivity index (χ0n) is 18.6. The molecule has 166 valence electrons. The standard InChI is InChI=1S/C22H29N5O2S2/c1-5-8-27-19(25-11-9-24(6-2)10-12-25)16(15(4)17(14-23)20(27)28)13-18-21(29)26(7-3)22(30)31-18/h13H,5-12H2,1-4H3/b18-13+. The van der Waals surface area contributed by atoms with E-state index in [4.69, 9.17) is 12.2 Å². The first kappa shape index (κ1) is 23.5. The first-order valence-corrected chi connectivity index (χ1v) is 12.0. The highest BCUT2D eigenvalue weighted by molar-refractivity contribution is 8.26. The third-order valence-electron chi connectivity index (χ3n) is 5.88. The van der Waals surface area contributed by atoms with E-state index in [-0.39, 0.29) is 17.0 Å². The minimum absolute atomic E-state index is 0.120. The first-order valence-electron chi connectivity index (χ1n) is 10.8. The van der Waals surface area contributed by atoms with Crippen molar-refractivity contribution in [3.63, 3.8) is 0 Å². The van der Waals surface area contributed by atoms with Gasteiger partial charge in [-0.1, -0.05) is 37.8 Å². The fourth-order valence-electron chi connectivity index (χ4n) is 4.10. The molecule has 2 aliphatic heterocycles. The Labute approximate surface area is 193 Å². The van der Waals surface area contributed by atoms with Crippen molar-refractivity contribution in [3.8, 4) is 6.07 Å². The van der Waals surface area contributed by atoms with Gasteiger partial charge in [0.15, 0.2) is 0 Å². The van der Waals surface area contributed by atoms with Crippen LogP contribution in [0.5, 0.6) is 0 Å². The predicted octanol–water partition coefficient (Wildman–Crippen LogP) is 2.80. The number of carbonyl (C=O) groups excluding carboxylic acids is 1. The summed E-state index contributed by atoms with van der Waals surface area (Å²) < 4.78 is 2.26. The number of aromatic nitrogens is 1. The van der Waals surface area contributed by atoms with Crippen LogP contribution >= 0.6 is 24.0 Å². The molecular weight excluding hydrogens is 430 g/mol. The van der Waals surface area contributed by atoms with Crippen LogP contribution in [0.25, 0.3) is 6.08 Å². The maximum absolute atomic E-state index is 13.2. The second-order valence-electron chi connectivity index (χ2n) is 7.65. The second kappa shape index (κ2) is 9.98. The van der Waals surface area contributed by atoms with Gasteiger partial charge in [0.05, 0.1) is 4.91 Å². The van der Waals surface area contributed by atoms with Gasteiger partial charge in [-0.25, -0.2) is 0 Å². The van der Waals surface area contributed by atoms with Crippen molar-refractivity contribution < 1.29 is 4.79 Å². The number of thiocarbonyl (C=S) groups is 1.